The lowest BCUT2D eigenvalue weighted by molar-refractivity contribution is 0.0985. The molecule has 5 rings (SSSR count). The topological polar surface area (TPSA) is 57.0 Å². The van der Waals surface area contributed by atoms with Gasteiger partial charge in [0.25, 0.3) is 5.91 Å². The number of nitriles is 1. The molecule has 162 valence electrons. The molecule has 0 aliphatic rings. The van der Waals surface area contributed by atoms with Gasteiger partial charge >= 0.3 is 0 Å². The second kappa shape index (κ2) is 9.40. The van der Waals surface area contributed by atoms with Crippen molar-refractivity contribution < 1.29 is 4.79 Å². The van der Waals surface area contributed by atoms with Gasteiger partial charge in [-0.05, 0) is 58.3 Å². The molecule has 0 atom stereocenters. The van der Waals surface area contributed by atoms with E-state index in [0.29, 0.717) is 17.7 Å². The number of carbonyl (C=O) groups excluding carboxylic acids is 1. The Balaban J connectivity index is 1.66. The maximum Gasteiger partial charge on any atom is 0.258 e. The Kier molecular flexibility index (Phi) is 5.84. The zero-order valence-corrected chi connectivity index (χ0v) is 18.4. The van der Waals surface area contributed by atoms with Crippen molar-refractivity contribution in [2.45, 2.75) is 6.54 Å². The van der Waals surface area contributed by atoms with E-state index in [2.05, 4.69) is 29.3 Å². The van der Waals surface area contributed by atoms with Gasteiger partial charge in [0.2, 0.25) is 0 Å². The minimum Gasteiger partial charge on any atom is -0.304 e. The van der Waals surface area contributed by atoms with E-state index >= 15 is 0 Å². The molecule has 0 radical (unpaired) electrons. The minimum atomic E-state index is -0.113. The number of aromatic nitrogens is 1. The lowest BCUT2D eigenvalue weighted by Crippen LogP contribution is -2.30. The standard InChI is InChI=1S/C30H21N3O/c31-19-25-15-16-26(18-29(25)28-14-6-12-23-9-4-5-13-27(23)28)33(21-22-8-7-17-32-20-22)30(34)24-10-2-1-3-11-24/h1-18,20H,21H2. The van der Waals surface area contributed by atoms with E-state index in [0.717, 1.165) is 33.2 Å². The second-order valence-electron chi connectivity index (χ2n) is 7.99. The van der Waals surface area contributed by atoms with Crippen LogP contribution < -0.4 is 4.90 Å². The maximum atomic E-state index is 13.6. The first-order valence-corrected chi connectivity index (χ1v) is 11.0. The van der Waals surface area contributed by atoms with Gasteiger partial charge in [-0.3, -0.25) is 9.78 Å². The summed E-state index contributed by atoms with van der Waals surface area (Å²) in [5, 5.41) is 12.0. The fourth-order valence-electron chi connectivity index (χ4n) is 4.17. The van der Waals surface area contributed by atoms with Gasteiger partial charge in [-0.25, -0.2) is 0 Å². The van der Waals surface area contributed by atoms with Crippen molar-refractivity contribution in [3.05, 3.63) is 132 Å². The van der Waals surface area contributed by atoms with Crippen molar-refractivity contribution in [3.8, 4) is 17.2 Å². The molecule has 0 fully saturated rings. The SMILES string of the molecule is N#Cc1ccc(N(Cc2cccnc2)C(=O)c2ccccc2)cc1-c1cccc2ccccc12. The average Bonchev–Trinajstić information content (AvgIpc) is 2.92. The summed E-state index contributed by atoms with van der Waals surface area (Å²) in [6.07, 6.45) is 3.48. The van der Waals surface area contributed by atoms with Crippen LogP contribution in [-0.2, 0) is 6.54 Å². The van der Waals surface area contributed by atoms with Crippen LogP contribution >= 0.6 is 0 Å². The molecular weight excluding hydrogens is 418 g/mol. The van der Waals surface area contributed by atoms with Crippen molar-refractivity contribution in [2.75, 3.05) is 4.90 Å². The molecule has 0 aliphatic carbocycles. The van der Waals surface area contributed by atoms with E-state index in [-0.39, 0.29) is 5.91 Å². The third kappa shape index (κ3) is 4.15. The molecule has 5 aromatic rings. The first-order chi connectivity index (χ1) is 16.7. The summed E-state index contributed by atoms with van der Waals surface area (Å²) in [5.74, 6) is -0.113. The van der Waals surface area contributed by atoms with Gasteiger partial charge < -0.3 is 4.90 Å². The molecule has 0 N–H and O–H groups in total. The number of hydrogen-bond donors (Lipinski definition) is 0. The molecule has 4 aromatic carbocycles. The van der Waals surface area contributed by atoms with Gasteiger partial charge in [0.1, 0.15) is 0 Å². The molecular formula is C30H21N3O. The number of pyridine rings is 1. The van der Waals surface area contributed by atoms with Gasteiger partial charge in [-0.2, -0.15) is 5.26 Å². The first kappa shape index (κ1) is 21.1. The number of nitrogens with zero attached hydrogens (tertiary/aromatic N) is 3. The first-order valence-electron chi connectivity index (χ1n) is 11.0. The normalized spacial score (nSPS) is 10.6. The van der Waals surface area contributed by atoms with Gasteiger partial charge in [0, 0.05) is 29.2 Å². The Bertz CT molecular complexity index is 1500. The van der Waals surface area contributed by atoms with Crippen LogP contribution in [0, 0.1) is 11.3 Å². The predicted molar refractivity (Wildman–Crippen MR) is 135 cm³/mol. The second-order valence-corrected chi connectivity index (χ2v) is 7.99. The Morgan fingerprint density at radius 1 is 0.824 bits per heavy atom. The van der Waals surface area contributed by atoms with Gasteiger partial charge in [0.15, 0.2) is 0 Å². The predicted octanol–water partition coefficient (Wildman–Crippen LogP) is 6.62. The van der Waals surface area contributed by atoms with Crippen molar-refractivity contribution in [3.63, 3.8) is 0 Å². The fourth-order valence-corrected chi connectivity index (χ4v) is 4.17. The number of carbonyl (C=O) groups is 1. The summed E-state index contributed by atoms with van der Waals surface area (Å²) in [6.45, 7) is 0.364. The molecule has 1 heterocycles. The van der Waals surface area contributed by atoms with E-state index in [1.54, 1.807) is 23.4 Å². The summed E-state index contributed by atoms with van der Waals surface area (Å²) in [6, 6.07) is 35.1. The molecule has 0 aliphatic heterocycles. The molecule has 0 unspecified atom stereocenters. The van der Waals surface area contributed by atoms with Crippen LogP contribution in [0.5, 0.6) is 0 Å². The van der Waals surface area contributed by atoms with Gasteiger partial charge in [-0.15, -0.1) is 0 Å². The largest absolute Gasteiger partial charge is 0.304 e. The van der Waals surface area contributed by atoms with E-state index < -0.39 is 0 Å². The number of anilines is 1. The van der Waals surface area contributed by atoms with Crippen LogP contribution in [0.3, 0.4) is 0 Å². The highest BCUT2D eigenvalue weighted by atomic mass is 16.2. The van der Waals surface area contributed by atoms with E-state index in [1.165, 1.54) is 0 Å². The molecule has 1 aromatic heterocycles. The zero-order valence-electron chi connectivity index (χ0n) is 18.4. The maximum absolute atomic E-state index is 13.6. The lowest BCUT2D eigenvalue weighted by Gasteiger charge is -2.24. The van der Waals surface area contributed by atoms with E-state index in [9.17, 15) is 10.1 Å². The van der Waals surface area contributed by atoms with Crippen LogP contribution in [0.4, 0.5) is 5.69 Å². The minimum absolute atomic E-state index is 0.113. The van der Waals surface area contributed by atoms with Crippen LogP contribution in [0.2, 0.25) is 0 Å². The summed E-state index contributed by atoms with van der Waals surface area (Å²) < 4.78 is 0. The molecule has 4 nitrogen and oxygen atoms in total. The third-order valence-corrected chi connectivity index (χ3v) is 5.84. The Morgan fingerprint density at radius 3 is 2.41 bits per heavy atom. The Hall–Kier alpha value is -4.75. The number of amides is 1. The van der Waals surface area contributed by atoms with Gasteiger partial charge in [0.05, 0.1) is 18.2 Å². The number of rotatable bonds is 5. The van der Waals surface area contributed by atoms with Crippen molar-refractivity contribution in [2.24, 2.45) is 0 Å². The Morgan fingerprint density at radius 2 is 1.62 bits per heavy atom. The molecule has 0 saturated carbocycles. The zero-order chi connectivity index (χ0) is 23.3. The lowest BCUT2D eigenvalue weighted by atomic mass is 9.94. The van der Waals surface area contributed by atoms with Crippen molar-refractivity contribution >= 4 is 22.4 Å². The number of benzene rings is 4. The van der Waals surface area contributed by atoms with E-state index in [4.69, 9.17) is 0 Å². The fraction of sp³-hybridized carbons (Fsp3) is 0.0333. The molecule has 34 heavy (non-hydrogen) atoms. The van der Waals surface area contributed by atoms with Crippen LogP contribution in [0.25, 0.3) is 21.9 Å². The molecule has 0 bridgehead atoms. The van der Waals surface area contributed by atoms with Crippen molar-refractivity contribution in [1.29, 1.82) is 5.26 Å². The molecule has 0 spiro atoms. The summed E-state index contributed by atoms with van der Waals surface area (Å²) in [7, 11) is 0. The quantitative estimate of drug-likeness (QED) is 0.309. The highest BCUT2D eigenvalue weighted by molar-refractivity contribution is 6.07. The third-order valence-electron chi connectivity index (χ3n) is 5.84. The molecule has 1 amide bonds. The summed E-state index contributed by atoms with van der Waals surface area (Å²) in [4.78, 5) is 19.6. The highest BCUT2D eigenvalue weighted by Crippen LogP contribution is 2.34. The molecule has 0 saturated heterocycles. The average molecular weight is 440 g/mol. The highest BCUT2D eigenvalue weighted by Gasteiger charge is 2.20. The smallest absolute Gasteiger partial charge is 0.258 e. The summed E-state index contributed by atoms with van der Waals surface area (Å²) in [5.41, 5.74) is 4.57. The van der Waals surface area contributed by atoms with Crippen LogP contribution in [0.15, 0.2) is 116 Å². The van der Waals surface area contributed by atoms with E-state index in [1.807, 2.05) is 78.9 Å². The number of fused-ring (bicyclic) bond motifs is 1. The number of hydrogen-bond acceptors (Lipinski definition) is 3. The van der Waals surface area contributed by atoms with Crippen LogP contribution in [0.1, 0.15) is 21.5 Å². The van der Waals surface area contributed by atoms with Gasteiger partial charge in [-0.1, -0.05) is 66.7 Å². The summed E-state index contributed by atoms with van der Waals surface area (Å²) >= 11 is 0. The van der Waals surface area contributed by atoms with Crippen LogP contribution in [-0.4, -0.2) is 10.9 Å². The monoisotopic (exact) mass is 439 g/mol. The molecule has 4 heteroatoms. The van der Waals surface area contributed by atoms with Crippen molar-refractivity contribution in [1.82, 2.24) is 4.98 Å². The Labute approximate surface area is 198 Å².